The standard InChI is InChI=1S/C16H18BrNO2S2/c1-12-15-7-10-21-16(15)6-8-18(12)9-11-22(19,20)14-4-2-13(17)3-5-14/h2-5,7,10,12H,6,8-9,11H2,1H3/t12-/m1/s1. The molecule has 2 heterocycles. The Hall–Kier alpha value is -0.690. The second-order valence-corrected chi connectivity index (χ2v) is 9.56. The van der Waals surface area contributed by atoms with Crippen molar-refractivity contribution in [2.45, 2.75) is 24.3 Å². The molecule has 1 aromatic carbocycles. The van der Waals surface area contributed by atoms with E-state index in [1.165, 1.54) is 10.4 Å². The maximum absolute atomic E-state index is 12.4. The average Bonchev–Trinajstić information content (AvgIpc) is 2.96. The Labute approximate surface area is 144 Å². The van der Waals surface area contributed by atoms with Crippen LogP contribution in [0.25, 0.3) is 0 Å². The molecule has 0 radical (unpaired) electrons. The van der Waals surface area contributed by atoms with E-state index >= 15 is 0 Å². The van der Waals surface area contributed by atoms with Gasteiger partial charge >= 0.3 is 0 Å². The highest BCUT2D eigenvalue weighted by Gasteiger charge is 2.26. The molecule has 0 saturated heterocycles. The number of sulfone groups is 1. The minimum absolute atomic E-state index is 0.165. The summed E-state index contributed by atoms with van der Waals surface area (Å²) in [5.41, 5.74) is 1.36. The summed E-state index contributed by atoms with van der Waals surface area (Å²) < 4.78 is 25.8. The van der Waals surface area contributed by atoms with Crippen LogP contribution in [-0.2, 0) is 16.3 Å². The third-order valence-electron chi connectivity index (χ3n) is 4.22. The Bertz CT molecular complexity index is 753. The summed E-state index contributed by atoms with van der Waals surface area (Å²) in [5, 5.41) is 2.13. The molecule has 1 aromatic heterocycles. The van der Waals surface area contributed by atoms with Crippen molar-refractivity contribution in [3.8, 4) is 0 Å². The van der Waals surface area contributed by atoms with Crippen molar-refractivity contribution in [3.63, 3.8) is 0 Å². The van der Waals surface area contributed by atoms with Crippen LogP contribution in [0.15, 0.2) is 45.1 Å². The normalized spacial score (nSPS) is 19.1. The lowest BCUT2D eigenvalue weighted by molar-refractivity contribution is 0.212. The monoisotopic (exact) mass is 399 g/mol. The zero-order chi connectivity index (χ0) is 15.7. The molecule has 0 saturated carbocycles. The summed E-state index contributed by atoms with van der Waals surface area (Å²) in [6, 6.07) is 9.34. The van der Waals surface area contributed by atoms with Gasteiger partial charge in [0, 0.05) is 28.5 Å². The number of benzene rings is 1. The third-order valence-corrected chi connectivity index (χ3v) is 7.46. The molecule has 1 aliphatic heterocycles. The van der Waals surface area contributed by atoms with Gasteiger partial charge in [0.25, 0.3) is 0 Å². The molecule has 0 N–H and O–H groups in total. The lowest BCUT2D eigenvalue weighted by Gasteiger charge is -2.33. The minimum Gasteiger partial charge on any atom is -0.295 e. The van der Waals surface area contributed by atoms with Gasteiger partial charge in [-0.2, -0.15) is 0 Å². The molecule has 118 valence electrons. The molecule has 0 spiro atoms. The zero-order valence-corrected chi connectivity index (χ0v) is 15.5. The highest BCUT2D eigenvalue weighted by molar-refractivity contribution is 9.10. The van der Waals surface area contributed by atoms with Gasteiger partial charge in [0.2, 0.25) is 0 Å². The van der Waals surface area contributed by atoms with Gasteiger partial charge in [-0.25, -0.2) is 8.42 Å². The van der Waals surface area contributed by atoms with Crippen LogP contribution < -0.4 is 0 Å². The number of hydrogen-bond donors (Lipinski definition) is 0. The highest BCUT2D eigenvalue weighted by atomic mass is 79.9. The number of halogens is 1. The SMILES string of the molecule is C[C@@H]1c2ccsc2CCN1CCS(=O)(=O)c1ccc(Br)cc1. The first kappa shape index (κ1) is 16.2. The van der Waals surface area contributed by atoms with Crippen LogP contribution in [0.1, 0.15) is 23.4 Å². The summed E-state index contributed by atoms with van der Waals surface area (Å²) in [6.07, 6.45) is 1.02. The molecular formula is C16H18BrNO2S2. The van der Waals surface area contributed by atoms with Gasteiger partial charge in [0.15, 0.2) is 9.84 Å². The van der Waals surface area contributed by atoms with E-state index in [-0.39, 0.29) is 5.75 Å². The Balaban J connectivity index is 1.69. The summed E-state index contributed by atoms with van der Waals surface area (Å²) in [7, 11) is -3.22. The smallest absolute Gasteiger partial charge is 0.179 e. The van der Waals surface area contributed by atoms with E-state index in [9.17, 15) is 8.42 Å². The molecule has 3 rings (SSSR count). The van der Waals surface area contributed by atoms with E-state index in [0.29, 0.717) is 17.5 Å². The lowest BCUT2D eigenvalue weighted by Crippen LogP contribution is -2.36. The van der Waals surface area contributed by atoms with Gasteiger partial charge < -0.3 is 0 Å². The predicted octanol–water partition coefficient (Wildman–Crippen LogP) is 3.90. The Morgan fingerprint density at radius 2 is 2.00 bits per heavy atom. The molecule has 1 atom stereocenters. The van der Waals surface area contributed by atoms with Crippen LogP contribution in [0.5, 0.6) is 0 Å². The van der Waals surface area contributed by atoms with Crippen molar-refractivity contribution in [1.82, 2.24) is 4.90 Å². The molecule has 6 heteroatoms. The second-order valence-electron chi connectivity index (χ2n) is 5.53. The van der Waals surface area contributed by atoms with Gasteiger partial charge in [-0.1, -0.05) is 15.9 Å². The Morgan fingerprint density at radius 3 is 2.73 bits per heavy atom. The van der Waals surface area contributed by atoms with Crippen LogP contribution in [0.4, 0.5) is 0 Å². The van der Waals surface area contributed by atoms with Crippen molar-refractivity contribution in [3.05, 3.63) is 50.6 Å². The number of thiophene rings is 1. The molecule has 0 aliphatic carbocycles. The lowest BCUT2D eigenvalue weighted by atomic mass is 10.0. The van der Waals surface area contributed by atoms with Crippen LogP contribution in [-0.4, -0.2) is 32.2 Å². The van der Waals surface area contributed by atoms with E-state index in [1.807, 2.05) is 0 Å². The molecule has 0 bridgehead atoms. The van der Waals surface area contributed by atoms with E-state index in [1.54, 1.807) is 35.6 Å². The van der Waals surface area contributed by atoms with Crippen molar-refractivity contribution >= 4 is 37.1 Å². The highest BCUT2D eigenvalue weighted by Crippen LogP contribution is 2.32. The van der Waals surface area contributed by atoms with Crippen molar-refractivity contribution in [1.29, 1.82) is 0 Å². The maximum Gasteiger partial charge on any atom is 0.179 e. The Morgan fingerprint density at radius 1 is 1.27 bits per heavy atom. The molecule has 3 nitrogen and oxygen atoms in total. The largest absolute Gasteiger partial charge is 0.295 e. The first-order valence-corrected chi connectivity index (χ1v) is 10.6. The Kier molecular flexibility index (Phi) is 4.73. The number of hydrogen-bond acceptors (Lipinski definition) is 4. The fourth-order valence-electron chi connectivity index (χ4n) is 2.86. The summed E-state index contributed by atoms with van der Waals surface area (Å²) in [4.78, 5) is 4.11. The number of rotatable bonds is 4. The fourth-order valence-corrected chi connectivity index (χ4v) is 5.35. The summed E-state index contributed by atoms with van der Waals surface area (Å²) >= 11 is 5.13. The maximum atomic E-state index is 12.4. The minimum atomic E-state index is -3.22. The molecule has 0 amide bonds. The topological polar surface area (TPSA) is 37.4 Å². The molecule has 0 fully saturated rings. The first-order valence-electron chi connectivity index (χ1n) is 7.26. The van der Waals surface area contributed by atoms with Gasteiger partial charge in [-0.3, -0.25) is 4.90 Å². The average molecular weight is 400 g/mol. The molecule has 22 heavy (non-hydrogen) atoms. The number of fused-ring (bicyclic) bond motifs is 1. The first-order chi connectivity index (χ1) is 10.5. The quantitative estimate of drug-likeness (QED) is 0.781. The van der Waals surface area contributed by atoms with Crippen molar-refractivity contribution < 1.29 is 8.42 Å². The predicted molar refractivity (Wildman–Crippen MR) is 94.2 cm³/mol. The van der Waals surface area contributed by atoms with Crippen LogP contribution >= 0.6 is 27.3 Å². The van der Waals surface area contributed by atoms with E-state index in [2.05, 4.69) is 39.2 Å². The van der Waals surface area contributed by atoms with Gasteiger partial charge in [-0.15, -0.1) is 11.3 Å². The van der Waals surface area contributed by atoms with Crippen LogP contribution in [0, 0.1) is 0 Å². The van der Waals surface area contributed by atoms with Gasteiger partial charge in [0.1, 0.15) is 0 Å². The molecule has 1 aliphatic rings. The summed E-state index contributed by atoms with van der Waals surface area (Å²) in [5.74, 6) is 0.165. The van der Waals surface area contributed by atoms with Crippen molar-refractivity contribution in [2.75, 3.05) is 18.8 Å². The molecular weight excluding hydrogens is 382 g/mol. The van der Waals surface area contributed by atoms with E-state index in [0.717, 1.165) is 17.4 Å². The van der Waals surface area contributed by atoms with Gasteiger partial charge in [0.05, 0.1) is 10.6 Å². The summed E-state index contributed by atoms with van der Waals surface area (Å²) in [6.45, 7) is 3.68. The zero-order valence-electron chi connectivity index (χ0n) is 12.3. The molecule has 0 unspecified atom stereocenters. The van der Waals surface area contributed by atoms with Crippen LogP contribution in [0.2, 0.25) is 0 Å². The molecule has 2 aromatic rings. The van der Waals surface area contributed by atoms with E-state index < -0.39 is 9.84 Å². The fraction of sp³-hybridized carbons (Fsp3) is 0.375. The van der Waals surface area contributed by atoms with Crippen LogP contribution in [0.3, 0.4) is 0 Å². The van der Waals surface area contributed by atoms with Gasteiger partial charge in [-0.05, 0) is 54.6 Å². The second kappa shape index (κ2) is 6.43. The number of nitrogens with zero attached hydrogens (tertiary/aromatic N) is 1. The third kappa shape index (κ3) is 3.30. The van der Waals surface area contributed by atoms with E-state index in [4.69, 9.17) is 0 Å². The van der Waals surface area contributed by atoms with Crippen molar-refractivity contribution in [2.24, 2.45) is 0 Å².